The molecule has 1 aromatic carbocycles. The van der Waals surface area contributed by atoms with Gasteiger partial charge in [-0.25, -0.2) is 0 Å². The van der Waals surface area contributed by atoms with Crippen molar-refractivity contribution in [3.8, 4) is 0 Å². The largest absolute Gasteiger partial charge is 0.368 e. The van der Waals surface area contributed by atoms with Crippen molar-refractivity contribution in [1.82, 2.24) is 15.2 Å². The number of nitrogens with one attached hydrogen (secondary N) is 1. The van der Waals surface area contributed by atoms with E-state index in [9.17, 15) is 9.59 Å². The molecule has 1 aliphatic carbocycles. The maximum atomic E-state index is 14.3. The van der Waals surface area contributed by atoms with Crippen LogP contribution in [0.15, 0.2) is 42.7 Å². The molecular weight excluding hydrogens is 450 g/mol. The minimum Gasteiger partial charge on any atom is -0.368 e. The Hall–Kier alpha value is -2.93. The number of primary amides is 1. The van der Waals surface area contributed by atoms with Crippen molar-refractivity contribution in [2.45, 2.75) is 69.9 Å². The van der Waals surface area contributed by atoms with Crippen LogP contribution >= 0.6 is 0 Å². The van der Waals surface area contributed by atoms with Crippen LogP contribution in [0.1, 0.15) is 69.0 Å². The molecule has 1 saturated carbocycles. The molecule has 36 heavy (non-hydrogen) atoms. The third-order valence-corrected chi connectivity index (χ3v) is 8.90. The predicted molar refractivity (Wildman–Crippen MR) is 142 cm³/mol. The molecule has 7 heteroatoms. The van der Waals surface area contributed by atoms with Crippen molar-refractivity contribution in [3.05, 3.63) is 53.9 Å². The van der Waals surface area contributed by atoms with Gasteiger partial charge in [-0.2, -0.15) is 0 Å². The number of fused-ring (bicyclic) bond motifs is 1. The molecule has 7 nitrogen and oxygen atoms in total. The van der Waals surface area contributed by atoms with Crippen LogP contribution in [0.25, 0.3) is 0 Å². The summed E-state index contributed by atoms with van der Waals surface area (Å²) in [6.45, 7) is 3.44. The topological polar surface area (TPSA) is 91.6 Å². The molecule has 2 fully saturated rings. The summed E-state index contributed by atoms with van der Waals surface area (Å²) in [5, 5.41) is 3.15. The lowest BCUT2D eigenvalue weighted by atomic mass is 9.69. The smallest absolute Gasteiger partial charge is 0.238 e. The minimum atomic E-state index is -1.08. The molecule has 2 amide bonds. The van der Waals surface area contributed by atoms with Crippen LogP contribution in [0.3, 0.4) is 0 Å². The second-order valence-electron chi connectivity index (χ2n) is 10.9. The van der Waals surface area contributed by atoms with Gasteiger partial charge in [-0.15, -0.1) is 0 Å². The molecule has 192 valence electrons. The summed E-state index contributed by atoms with van der Waals surface area (Å²) < 4.78 is 0. The standard InChI is InChI=1S/C29H39N5O2/c1-29(31-2,28(30)36)26(21-10-4-3-5-11-21)27(35)34-15-8-13-25(34)22-17-23(19-32-18-22)33-16-14-20-9-6-7-12-24(20)33/h6-7,9,12,17-19,21,25-26,31H,3-5,8,10-11,13-16H2,1-2H3,(H2,30,36)/t25-,26+,29?/m0/s1. The quantitative estimate of drug-likeness (QED) is 0.611. The molecule has 1 saturated heterocycles. The van der Waals surface area contributed by atoms with Gasteiger partial charge in [0.15, 0.2) is 0 Å². The van der Waals surface area contributed by atoms with Gasteiger partial charge in [0, 0.05) is 25.0 Å². The number of aromatic nitrogens is 1. The first-order valence-corrected chi connectivity index (χ1v) is 13.5. The Balaban J connectivity index is 1.44. The fraction of sp³-hybridized carbons (Fsp3) is 0.552. The van der Waals surface area contributed by atoms with Gasteiger partial charge >= 0.3 is 0 Å². The average molecular weight is 490 g/mol. The first-order valence-electron chi connectivity index (χ1n) is 13.5. The Labute approximate surface area is 214 Å². The van der Waals surface area contributed by atoms with E-state index in [0.717, 1.165) is 62.7 Å². The third-order valence-electron chi connectivity index (χ3n) is 8.90. The van der Waals surface area contributed by atoms with Crippen molar-refractivity contribution in [2.24, 2.45) is 17.6 Å². The van der Waals surface area contributed by atoms with Crippen LogP contribution < -0.4 is 16.0 Å². The number of carbonyl (C=O) groups is 2. The van der Waals surface area contributed by atoms with E-state index in [-0.39, 0.29) is 17.9 Å². The number of pyridine rings is 1. The number of anilines is 2. The van der Waals surface area contributed by atoms with Gasteiger partial charge in [-0.05, 0) is 75.3 Å². The highest BCUT2D eigenvalue weighted by molar-refractivity contribution is 5.93. The number of likely N-dealkylation sites (tertiary alicyclic amines) is 1. The van der Waals surface area contributed by atoms with Crippen molar-refractivity contribution in [3.63, 3.8) is 0 Å². The number of nitrogens with zero attached hydrogens (tertiary/aromatic N) is 3. The van der Waals surface area contributed by atoms with Crippen molar-refractivity contribution in [2.75, 3.05) is 25.0 Å². The Morgan fingerprint density at radius 1 is 1.08 bits per heavy atom. The fourth-order valence-corrected chi connectivity index (χ4v) is 6.76. The van der Waals surface area contributed by atoms with Crippen molar-refractivity contribution < 1.29 is 9.59 Å². The molecule has 3 atom stereocenters. The van der Waals surface area contributed by atoms with E-state index in [0.29, 0.717) is 6.54 Å². The van der Waals surface area contributed by atoms with Crippen LogP contribution in [-0.2, 0) is 16.0 Å². The lowest BCUT2D eigenvalue weighted by molar-refractivity contribution is -0.147. The molecule has 0 radical (unpaired) electrons. The summed E-state index contributed by atoms with van der Waals surface area (Å²) in [6.07, 6.45) is 12.0. The number of hydrogen-bond acceptors (Lipinski definition) is 5. The zero-order valence-corrected chi connectivity index (χ0v) is 21.6. The van der Waals surface area contributed by atoms with E-state index >= 15 is 0 Å². The molecule has 2 aliphatic heterocycles. The molecular formula is C29H39N5O2. The summed E-state index contributed by atoms with van der Waals surface area (Å²) in [7, 11) is 1.75. The van der Waals surface area contributed by atoms with Gasteiger partial charge in [-0.1, -0.05) is 37.5 Å². The summed E-state index contributed by atoms with van der Waals surface area (Å²) in [4.78, 5) is 35.9. The number of nitrogens with two attached hydrogens (primary N) is 1. The lowest BCUT2D eigenvalue weighted by Crippen LogP contribution is -2.63. The van der Waals surface area contributed by atoms with E-state index in [1.165, 1.54) is 17.7 Å². The second-order valence-corrected chi connectivity index (χ2v) is 10.9. The summed E-state index contributed by atoms with van der Waals surface area (Å²) >= 11 is 0. The zero-order valence-electron chi connectivity index (χ0n) is 21.6. The van der Waals surface area contributed by atoms with E-state index in [1.807, 2.05) is 24.2 Å². The highest BCUT2D eigenvalue weighted by atomic mass is 16.2. The highest BCUT2D eigenvalue weighted by Gasteiger charge is 2.50. The van der Waals surface area contributed by atoms with Crippen LogP contribution in [0.5, 0.6) is 0 Å². The van der Waals surface area contributed by atoms with E-state index in [4.69, 9.17) is 5.73 Å². The van der Waals surface area contributed by atoms with Gasteiger partial charge in [0.1, 0.15) is 5.54 Å². The normalized spacial score (nSPS) is 22.8. The third kappa shape index (κ3) is 4.38. The molecule has 0 spiro atoms. The molecule has 1 aromatic heterocycles. The fourth-order valence-electron chi connectivity index (χ4n) is 6.76. The van der Waals surface area contributed by atoms with Gasteiger partial charge < -0.3 is 20.9 Å². The molecule has 3 N–H and O–H groups in total. The Morgan fingerprint density at radius 3 is 2.61 bits per heavy atom. The first kappa shape index (κ1) is 24.8. The summed E-state index contributed by atoms with van der Waals surface area (Å²) in [5.74, 6) is -0.719. The zero-order chi connectivity index (χ0) is 25.3. The van der Waals surface area contributed by atoms with Crippen LogP contribution in [0, 0.1) is 11.8 Å². The second kappa shape index (κ2) is 10.2. The number of para-hydroxylation sites is 1. The molecule has 1 unspecified atom stereocenters. The number of rotatable bonds is 7. The monoisotopic (exact) mass is 489 g/mol. The highest BCUT2D eigenvalue weighted by Crippen LogP contribution is 2.42. The number of likely N-dealkylation sites (N-methyl/N-ethyl adjacent to an activating group) is 1. The number of amides is 2. The van der Waals surface area contributed by atoms with Crippen LogP contribution in [0.4, 0.5) is 11.4 Å². The lowest BCUT2D eigenvalue weighted by Gasteiger charge is -2.43. The number of benzene rings is 1. The Kier molecular flexibility index (Phi) is 7.02. The maximum absolute atomic E-state index is 14.3. The molecule has 2 aromatic rings. The summed E-state index contributed by atoms with van der Waals surface area (Å²) in [6, 6.07) is 10.7. The SMILES string of the molecule is CNC(C)(C(N)=O)[C@@H](C(=O)N1CCC[C@H]1c1cncc(N2CCc3ccccc32)c1)C1CCCCC1. The molecule has 5 rings (SSSR count). The Morgan fingerprint density at radius 2 is 1.86 bits per heavy atom. The minimum absolute atomic E-state index is 0.0390. The maximum Gasteiger partial charge on any atom is 0.238 e. The van der Waals surface area contributed by atoms with Gasteiger partial charge in [-0.3, -0.25) is 14.6 Å². The summed E-state index contributed by atoms with van der Waals surface area (Å²) in [5.41, 5.74) is 9.56. The van der Waals surface area contributed by atoms with Crippen molar-refractivity contribution in [1.29, 1.82) is 0 Å². The van der Waals surface area contributed by atoms with E-state index in [1.54, 1.807) is 7.05 Å². The average Bonchev–Trinajstić information content (AvgIpc) is 3.57. The molecule has 3 heterocycles. The van der Waals surface area contributed by atoms with E-state index in [2.05, 4.69) is 45.5 Å². The van der Waals surface area contributed by atoms with Gasteiger partial charge in [0.05, 0.1) is 23.8 Å². The first-order chi connectivity index (χ1) is 17.4. The predicted octanol–water partition coefficient (Wildman–Crippen LogP) is 4.10. The number of carbonyl (C=O) groups excluding carboxylic acids is 2. The van der Waals surface area contributed by atoms with Gasteiger partial charge in [0.25, 0.3) is 0 Å². The van der Waals surface area contributed by atoms with Crippen LogP contribution in [-0.4, -0.2) is 47.4 Å². The van der Waals surface area contributed by atoms with E-state index < -0.39 is 17.4 Å². The van der Waals surface area contributed by atoms with Crippen molar-refractivity contribution >= 4 is 23.2 Å². The number of hydrogen-bond donors (Lipinski definition) is 2. The van der Waals surface area contributed by atoms with Crippen LogP contribution in [0.2, 0.25) is 0 Å². The molecule has 0 bridgehead atoms. The Bertz CT molecular complexity index is 1110. The molecule has 3 aliphatic rings. The van der Waals surface area contributed by atoms with Gasteiger partial charge in [0.2, 0.25) is 11.8 Å².